The van der Waals surface area contributed by atoms with Crippen molar-refractivity contribution < 1.29 is 51.2 Å². The minimum Gasteiger partial charge on any atom is -0.461 e. The molecule has 0 saturated carbocycles. The van der Waals surface area contributed by atoms with Crippen LogP contribution in [0.3, 0.4) is 0 Å². The Kier molecular flexibility index (Phi) is 12.2. The van der Waals surface area contributed by atoms with Gasteiger partial charge < -0.3 is 31.2 Å². The van der Waals surface area contributed by atoms with Crippen LogP contribution in [0, 0.1) is 6.92 Å². The lowest BCUT2D eigenvalue weighted by atomic mass is 9.87. The summed E-state index contributed by atoms with van der Waals surface area (Å²) in [5, 5.41) is 5.55. The minimum absolute atomic E-state index is 0.0321. The normalized spacial score (nSPS) is 19.0. The van der Waals surface area contributed by atoms with Crippen molar-refractivity contribution in [1.82, 2.24) is 25.8 Å². The van der Waals surface area contributed by atoms with Crippen LogP contribution in [0.4, 0.5) is 15.3 Å². The number of amides is 6. The summed E-state index contributed by atoms with van der Waals surface area (Å²) in [5.41, 5.74) is 7.76. The SMILES string of the molecule is CC(=O)OCC1=C(C(=O)OC(c2ccccc2)c2ccccc2)N2C(=O)[C@@H](c3cc(C)ccc3S(=O)(=O)O)[C@@H]2SC1NC(=O)C(NC(=O)N1CCNC1=O)c1ccc(N)cc1. The smallest absolute Gasteiger partial charge is 0.356 e. The van der Waals surface area contributed by atoms with Crippen molar-refractivity contribution >= 4 is 63.4 Å². The maximum absolute atomic E-state index is 14.8. The van der Waals surface area contributed by atoms with E-state index >= 15 is 0 Å². The first-order valence-corrected chi connectivity index (χ1v) is 21.3. The first-order valence-electron chi connectivity index (χ1n) is 18.9. The van der Waals surface area contributed by atoms with E-state index in [-0.39, 0.29) is 35.5 Å². The zero-order valence-corrected chi connectivity index (χ0v) is 34.3. The summed E-state index contributed by atoms with van der Waals surface area (Å²) in [5.74, 6) is -4.67. The number of aryl methyl sites for hydroxylation is 1. The lowest BCUT2D eigenvalue weighted by Crippen LogP contribution is -2.63. The summed E-state index contributed by atoms with van der Waals surface area (Å²) in [6, 6.07) is 24.7. The first-order chi connectivity index (χ1) is 29.1. The van der Waals surface area contributed by atoms with E-state index in [1.165, 1.54) is 42.5 Å². The van der Waals surface area contributed by atoms with Crippen LogP contribution in [-0.2, 0) is 38.8 Å². The number of hydrogen-bond acceptors (Lipinski definition) is 12. The predicted octanol–water partition coefficient (Wildman–Crippen LogP) is 3.89. The van der Waals surface area contributed by atoms with Gasteiger partial charge in [0.2, 0.25) is 11.8 Å². The third-order valence-corrected chi connectivity index (χ3v) is 12.6. The van der Waals surface area contributed by atoms with Crippen LogP contribution < -0.4 is 21.7 Å². The Balaban J connectivity index is 1.34. The van der Waals surface area contributed by atoms with Gasteiger partial charge in [0.1, 0.15) is 29.1 Å². The second-order valence-corrected chi connectivity index (χ2v) is 16.9. The van der Waals surface area contributed by atoms with E-state index in [0.717, 1.165) is 28.5 Å². The topological polar surface area (TPSA) is 244 Å². The molecule has 0 bridgehead atoms. The number of carbonyl (C=O) groups excluding carboxylic acids is 6. The van der Waals surface area contributed by atoms with Gasteiger partial charge in [-0.3, -0.25) is 23.8 Å². The van der Waals surface area contributed by atoms with Crippen molar-refractivity contribution in [3.05, 3.63) is 142 Å². The molecular weight excluding hydrogens is 829 g/mol. The van der Waals surface area contributed by atoms with Crippen molar-refractivity contribution in [3.8, 4) is 0 Å². The zero-order chi connectivity index (χ0) is 43.6. The van der Waals surface area contributed by atoms with E-state index in [1.54, 1.807) is 67.6 Å². The fraction of sp³-hybridized carbons (Fsp3) is 0.238. The fourth-order valence-electron chi connectivity index (χ4n) is 7.26. The molecule has 61 heavy (non-hydrogen) atoms. The number of nitrogens with one attached hydrogen (secondary N) is 3. The third kappa shape index (κ3) is 8.93. The van der Waals surface area contributed by atoms with Crippen LogP contribution in [-0.4, -0.2) is 89.0 Å². The molecule has 3 aliphatic heterocycles. The lowest BCUT2D eigenvalue weighted by molar-refractivity contribution is -0.153. The van der Waals surface area contributed by atoms with E-state index in [1.807, 2.05) is 0 Å². The van der Waals surface area contributed by atoms with Crippen molar-refractivity contribution in [1.29, 1.82) is 0 Å². The number of benzene rings is 4. The molecule has 17 nitrogen and oxygen atoms in total. The maximum atomic E-state index is 14.8. The van der Waals surface area contributed by atoms with Gasteiger partial charge in [-0.1, -0.05) is 90.5 Å². The van der Waals surface area contributed by atoms with Gasteiger partial charge in [-0.05, 0) is 47.4 Å². The van der Waals surface area contributed by atoms with E-state index in [9.17, 15) is 41.7 Å². The van der Waals surface area contributed by atoms with E-state index in [0.29, 0.717) is 22.4 Å². The van der Waals surface area contributed by atoms with Crippen LogP contribution >= 0.6 is 11.8 Å². The largest absolute Gasteiger partial charge is 0.461 e. The molecule has 7 rings (SSSR count). The monoisotopic (exact) mass is 868 g/mol. The predicted molar refractivity (Wildman–Crippen MR) is 221 cm³/mol. The number of imide groups is 1. The van der Waals surface area contributed by atoms with Gasteiger partial charge in [-0.15, -0.1) is 11.8 Å². The Morgan fingerprint density at radius 2 is 1.57 bits per heavy atom. The average molecular weight is 869 g/mol. The van der Waals surface area contributed by atoms with Gasteiger partial charge >= 0.3 is 24.0 Å². The van der Waals surface area contributed by atoms with Gasteiger partial charge in [-0.2, -0.15) is 8.42 Å². The summed E-state index contributed by atoms with van der Waals surface area (Å²) in [7, 11) is -4.86. The highest BCUT2D eigenvalue weighted by atomic mass is 32.2. The van der Waals surface area contributed by atoms with Crippen molar-refractivity contribution in [3.63, 3.8) is 0 Å². The number of anilines is 1. The number of esters is 2. The molecule has 6 amide bonds. The average Bonchev–Trinajstić information content (AvgIpc) is 3.67. The van der Waals surface area contributed by atoms with Crippen LogP contribution in [0.15, 0.2) is 119 Å². The number of ether oxygens (including phenoxy) is 2. The fourth-order valence-corrected chi connectivity index (χ4v) is 9.54. The molecule has 0 aliphatic carbocycles. The number of nitrogens with zero attached hydrogens (tertiary/aromatic N) is 2. The number of nitrogens with two attached hydrogens (primary N) is 1. The molecule has 2 fully saturated rings. The van der Waals surface area contributed by atoms with Crippen LogP contribution in [0.1, 0.15) is 52.8 Å². The Morgan fingerprint density at radius 3 is 2.15 bits per heavy atom. The maximum Gasteiger partial charge on any atom is 0.356 e. The second-order valence-electron chi connectivity index (χ2n) is 14.3. The van der Waals surface area contributed by atoms with Gasteiger partial charge in [0, 0.05) is 31.3 Å². The number of hydrogen-bond donors (Lipinski definition) is 5. The van der Waals surface area contributed by atoms with Gasteiger partial charge in [0.15, 0.2) is 6.10 Å². The Bertz CT molecular complexity index is 2500. The highest BCUT2D eigenvalue weighted by Gasteiger charge is 2.58. The standard InChI is InChI=1S/C42H40N6O11S2/c1-23-13-18-31(61(55,56)57)29(21-23)32-38(51)48-34(40(52)59-35(26-9-5-3-6-10-26)27-11-7-4-8-12-27)30(22-58-24(2)49)37(60-39(32)48)46-36(50)33(25-14-16-28(43)17-15-25)45-42(54)47-20-19-44-41(47)53/h3-18,21,32-33,35,37,39H,19-20,22,43H2,1-2H3,(H,44,53)(H,45,54)(H,46,50)(H,55,56,57)/t32-,33?,37?,39+/m1/s1. The number of nitrogen functional groups attached to an aromatic ring is 1. The van der Waals surface area contributed by atoms with Crippen LogP contribution in [0.2, 0.25) is 0 Å². The molecule has 2 saturated heterocycles. The Morgan fingerprint density at radius 1 is 0.934 bits per heavy atom. The van der Waals surface area contributed by atoms with E-state index < -0.39 is 86.2 Å². The quantitative estimate of drug-likeness (QED) is 0.0588. The molecular formula is C42H40N6O11S2. The van der Waals surface area contributed by atoms with E-state index in [4.69, 9.17) is 15.2 Å². The van der Waals surface area contributed by atoms with Crippen molar-refractivity contribution in [2.45, 2.75) is 47.6 Å². The highest BCUT2D eigenvalue weighted by molar-refractivity contribution is 8.00. The summed E-state index contributed by atoms with van der Waals surface area (Å²) >= 11 is 0.926. The lowest BCUT2D eigenvalue weighted by Gasteiger charge is -2.52. The summed E-state index contributed by atoms with van der Waals surface area (Å²) in [4.78, 5) is 83.4. The van der Waals surface area contributed by atoms with Gasteiger partial charge in [-0.25, -0.2) is 19.3 Å². The number of fused-ring (bicyclic) bond motifs is 1. The Hall–Kier alpha value is -6.70. The number of urea groups is 2. The molecule has 2 unspecified atom stereocenters. The third-order valence-electron chi connectivity index (χ3n) is 10.2. The number of β-lactam (4-membered cyclic amide) rings is 1. The highest BCUT2D eigenvalue weighted by Crippen LogP contribution is 2.52. The Labute approximate surface area is 354 Å². The molecule has 3 heterocycles. The molecule has 3 aliphatic rings. The van der Waals surface area contributed by atoms with E-state index in [2.05, 4.69) is 16.0 Å². The number of thioether (sulfide) groups is 1. The van der Waals surface area contributed by atoms with Crippen molar-refractivity contribution in [2.24, 2.45) is 0 Å². The molecule has 316 valence electrons. The molecule has 4 aromatic carbocycles. The molecule has 0 radical (unpaired) electrons. The van der Waals surface area contributed by atoms with Gasteiger partial charge in [0.25, 0.3) is 10.1 Å². The van der Waals surface area contributed by atoms with Crippen LogP contribution in [0.25, 0.3) is 0 Å². The first kappa shape index (κ1) is 42.4. The summed E-state index contributed by atoms with van der Waals surface area (Å²) < 4.78 is 47.2. The summed E-state index contributed by atoms with van der Waals surface area (Å²) in [6.07, 6.45) is -1.01. The number of rotatable bonds is 12. The summed E-state index contributed by atoms with van der Waals surface area (Å²) in [6.45, 7) is 2.41. The zero-order valence-electron chi connectivity index (χ0n) is 32.6. The molecule has 4 atom stereocenters. The molecule has 4 aromatic rings. The number of carbonyl (C=O) groups is 6. The molecule has 6 N–H and O–H groups in total. The van der Waals surface area contributed by atoms with Gasteiger partial charge in [0.05, 0.1) is 10.8 Å². The second kappa shape index (κ2) is 17.5. The van der Waals surface area contributed by atoms with Crippen LogP contribution in [0.5, 0.6) is 0 Å². The molecule has 19 heteroatoms. The molecule has 0 aromatic heterocycles. The van der Waals surface area contributed by atoms with Crippen molar-refractivity contribution in [2.75, 3.05) is 25.4 Å². The minimum atomic E-state index is -4.86. The molecule has 0 spiro atoms.